The lowest BCUT2D eigenvalue weighted by molar-refractivity contribution is -0.138. The molecular formula is C49H43F3N6O6. The van der Waals surface area contributed by atoms with Crippen molar-refractivity contribution >= 4 is 45.2 Å². The second kappa shape index (κ2) is 16.7. The van der Waals surface area contributed by atoms with Crippen molar-refractivity contribution in [2.75, 3.05) is 24.6 Å². The molecule has 1 aliphatic carbocycles. The lowest BCUT2D eigenvalue weighted by atomic mass is 9.91. The van der Waals surface area contributed by atoms with Gasteiger partial charge in [0, 0.05) is 104 Å². The van der Waals surface area contributed by atoms with Crippen molar-refractivity contribution in [1.29, 1.82) is 0 Å². The van der Waals surface area contributed by atoms with Gasteiger partial charge >= 0.3 is 6.18 Å². The average Bonchev–Trinajstić information content (AvgIpc) is 3.76. The fourth-order valence-electron chi connectivity index (χ4n) is 9.26. The third-order valence-corrected chi connectivity index (χ3v) is 12.7. The number of ether oxygens (including phenoxy) is 3. The molecule has 0 spiro atoms. The molecule has 4 aliphatic rings. The van der Waals surface area contributed by atoms with Crippen LogP contribution >= 0.6 is 0 Å². The molecule has 2 saturated heterocycles. The van der Waals surface area contributed by atoms with Crippen LogP contribution in [-0.4, -0.2) is 81.2 Å². The number of anilines is 1. The molecule has 1 saturated carbocycles. The molecule has 3 fully saturated rings. The number of nitrogens with one attached hydrogen (secondary N) is 1. The Morgan fingerprint density at radius 3 is 2.45 bits per heavy atom. The van der Waals surface area contributed by atoms with Gasteiger partial charge in [0.25, 0.3) is 5.91 Å². The van der Waals surface area contributed by atoms with E-state index >= 15 is 0 Å². The van der Waals surface area contributed by atoms with Crippen LogP contribution in [0.3, 0.4) is 0 Å². The smallest absolute Gasteiger partial charge is 0.418 e. The van der Waals surface area contributed by atoms with Gasteiger partial charge in [-0.3, -0.25) is 24.7 Å². The molecule has 1 atom stereocenters. The molecule has 3 aromatic heterocycles. The number of halogens is 3. The highest BCUT2D eigenvalue weighted by atomic mass is 19.4. The second-order valence-corrected chi connectivity index (χ2v) is 16.8. The molecule has 15 heteroatoms. The van der Waals surface area contributed by atoms with E-state index in [1.165, 1.54) is 17.0 Å². The quantitative estimate of drug-likeness (QED) is 0.116. The number of imide groups is 1. The largest absolute Gasteiger partial charge is 0.481 e. The molecule has 0 radical (unpaired) electrons. The fourth-order valence-corrected chi connectivity index (χ4v) is 9.26. The SMILES string of the molecule is Cn1c2ccncc2c2ccc(-c3ccc(OC4CC(OC5CCN(c6cc(C#CCOc7ccc8c(c7)CN(C7CCC(=O)NC7=O)C8=O)ccc6C(F)(F)F)CC5)C4)nc3)cc21. The van der Waals surface area contributed by atoms with Crippen LogP contribution in [0.4, 0.5) is 18.9 Å². The summed E-state index contributed by atoms with van der Waals surface area (Å²) in [5.74, 6) is 5.72. The zero-order chi connectivity index (χ0) is 44.1. The number of hydrogen-bond acceptors (Lipinski definition) is 9. The number of nitrogens with zero attached hydrogens (tertiary/aromatic N) is 5. The Bertz CT molecular complexity index is 2870. The van der Waals surface area contributed by atoms with Gasteiger partial charge in [-0.25, -0.2) is 4.98 Å². The normalized spacial score (nSPS) is 20.2. The number of hydrogen-bond donors (Lipinski definition) is 1. The topological polar surface area (TPSA) is 128 Å². The summed E-state index contributed by atoms with van der Waals surface area (Å²) in [5, 5.41) is 4.57. The number of carbonyl (C=O) groups is 3. The Morgan fingerprint density at radius 2 is 1.67 bits per heavy atom. The molecule has 6 heterocycles. The van der Waals surface area contributed by atoms with Crippen molar-refractivity contribution in [3.05, 3.63) is 114 Å². The number of benzene rings is 3. The van der Waals surface area contributed by atoms with E-state index in [4.69, 9.17) is 14.2 Å². The molecule has 326 valence electrons. The van der Waals surface area contributed by atoms with Crippen LogP contribution in [0.1, 0.15) is 65.6 Å². The van der Waals surface area contributed by atoms with Crippen LogP contribution in [0, 0.1) is 11.8 Å². The lowest BCUT2D eigenvalue weighted by Crippen LogP contribution is -2.52. The summed E-state index contributed by atoms with van der Waals surface area (Å²) in [5.41, 5.74) is 5.25. The molecule has 64 heavy (non-hydrogen) atoms. The molecule has 10 rings (SSSR count). The van der Waals surface area contributed by atoms with Crippen LogP contribution in [0.2, 0.25) is 0 Å². The zero-order valence-electron chi connectivity index (χ0n) is 34.9. The summed E-state index contributed by atoms with van der Waals surface area (Å²) in [6.45, 7) is 0.976. The number of amides is 3. The van der Waals surface area contributed by atoms with Crippen molar-refractivity contribution in [3.63, 3.8) is 0 Å². The minimum Gasteiger partial charge on any atom is -0.481 e. The second-order valence-electron chi connectivity index (χ2n) is 16.8. The van der Waals surface area contributed by atoms with E-state index < -0.39 is 23.7 Å². The van der Waals surface area contributed by atoms with Gasteiger partial charge in [0.2, 0.25) is 17.7 Å². The Hall–Kier alpha value is -6.92. The van der Waals surface area contributed by atoms with Gasteiger partial charge in [-0.1, -0.05) is 24.0 Å². The first-order valence-corrected chi connectivity index (χ1v) is 21.4. The highest BCUT2D eigenvalue weighted by Gasteiger charge is 2.40. The Morgan fingerprint density at radius 1 is 0.844 bits per heavy atom. The van der Waals surface area contributed by atoms with E-state index in [0.29, 0.717) is 67.1 Å². The minimum absolute atomic E-state index is 0.0157. The highest BCUT2D eigenvalue weighted by Crippen LogP contribution is 2.39. The van der Waals surface area contributed by atoms with E-state index in [9.17, 15) is 27.6 Å². The molecule has 3 aliphatic heterocycles. The maximum Gasteiger partial charge on any atom is 0.418 e. The van der Waals surface area contributed by atoms with E-state index in [2.05, 4.69) is 56.9 Å². The summed E-state index contributed by atoms with van der Waals surface area (Å²) in [4.78, 5) is 49.1. The van der Waals surface area contributed by atoms with E-state index in [1.807, 2.05) is 30.6 Å². The first-order valence-electron chi connectivity index (χ1n) is 21.4. The van der Waals surface area contributed by atoms with Crippen LogP contribution in [0.15, 0.2) is 91.4 Å². The summed E-state index contributed by atoms with van der Waals surface area (Å²) >= 11 is 0. The predicted molar refractivity (Wildman–Crippen MR) is 232 cm³/mol. The van der Waals surface area contributed by atoms with Crippen molar-refractivity contribution in [1.82, 2.24) is 24.8 Å². The monoisotopic (exact) mass is 868 g/mol. The summed E-state index contributed by atoms with van der Waals surface area (Å²) in [7, 11) is 2.06. The fraction of sp³-hybridized carbons (Fsp3) is 0.327. The van der Waals surface area contributed by atoms with Crippen LogP contribution in [-0.2, 0) is 34.1 Å². The van der Waals surface area contributed by atoms with Crippen molar-refractivity contribution in [3.8, 4) is 34.6 Å². The summed E-state index contributed by atoms with van der Waals surface area (Å²) < 4.78 is 63.2. The molecule has 0 bridgehead atoms. The molecular weight excluding hydrogens is 826 g/mol. The maximum atomic E-state index is 14.2. The molecule has 6 aromatic rings. The Labute approximate surface area is 366 Å². The van der Waals surface area contributed by atoms with Gasteiger partial charge in [-0.05, 0) is 85.0 Å². The van der Waals surface area contributed by atoms with Gasteiger partial charge in [0.1, 0.15) is 24.5 Å². The van der Waals surface area contributed by atoms with Gasteiger partial charge < -0.3 is 28.6 Å². The van der Waals surface area contributed by atoms with Gasteiger partial charge in [-0.15, -0.1) is 0 Å². The number of alkyl halides is 3. The lowest BCUT2D eigenvalue weighted by Gasteiger charge is -2.40. The standard InChI is InChI=1S/C49H43F3N6O6/c1-56-41-14-17-53-27-39(41)38-8-5-30(23-43(38)56)31-6-13-46(54-26-31)64-36-24-35(25-36)63-33-15-18-57(19-16-33)44-21-29(4-10-40(44)49(50,51)52)3-2-20-62-34-7-9-37-32(22-34)28-58(48(37)61)42-11-12-45(59)55-47(42)60/h4-10,13-14,17,21-23,26-27,33,35-36,42H,11-12,15-16,18-20,24-25,28H2,1H3,(H,55,59,60). The molecule has 1 N–H and O–H groups in total. The third-order valence-electron chi connectivity index (χ3n) is 12.7. The first kappa shape index (κ1) is 41.1. The molecule has 3 aromatic carbocycles. The Kier molecular flexibility index (Phi) is 10.7. The summed E-state index contributed by atoms with van der Waals surface area (Å²) in [6.07, 6.45) is 3.95. The van der Waals surface area contributed by atoms with Gasteiger partial charge in [0.15, 0.2) is 0 Å². The third kappa shape index (κ3) is 8.09. The number of piperidine rings is 2. The molecule has 1 unspecified atom stereocenters. The van der Waals surface area contributed by atoms with E-state index in [-0.39, 0.29) is 61.8 Å². The van der Waals surface area contributed by atoms with Crippen molar-refractivity contribution in [2.45, 2.75) is 75.6 Å². The van der Waals surface area contributed by atoms with Gasteiger partial charge in [-0.2, -0.15) is 13.2 Å². The van der Waals surface area contributed by atoms with Crippen molar-refractivity contribution < 1.29 is 41.8 Å². The number of pyridine rings is 2. The number of rotatable bonds is 9. The molecule has 3 amide bonds. The maximum absolute atomic E-state index is 14.2. The summed E-state index contributed by atoms with van der Waals surface area (Å²) in [6, 6.07) is 20.5. The van der Waals surface area contributed by atoms with Crippen LogP contribution in [0.5, 0.6) is 11.6 Å². The van der Waals surface area contributed by atoms with Gasteiger partial charge in [0.05, 0.1) is 29.0 Å². The number of aryl methyl sites for hydroxylation is 1. The Balaban J connectivity index is 0.701. The average molecular weight is 869 g/mol. The zero-order valence-corrected chi connectivity index (χ0v) is 34.9. The predicted octanol–water partition coefficient (Wildman–Crippen LogP) is 7.59. The number of carbonyl (C=O) groups excluding carboxylic acids is 3. The number of fused-ring (bicyclic) bond motifs is 4. The molecule has 12 nitrogen and oxygen atoms in total. The highest BCUT2D eigenvalue weighted by molar-refractivity contribution is 6.08. The number of aromatic nitrogens is 3. The van der Waals surface area contributed by atoms with E-state index in [0.717, 1.165) is 39.0 Å². The van der Waals surface area contributed by atoms with Crippen LogP contribution < -0.4 is 19.7 Å². The van der Waals surface area contributed by atoms with Crippen molar-refractivity contribution in [2.24, 2.45) is 7.05 Å². The first-order chi connectivity index (χ1) is 30.9. The van der Waals surface area contributed by atoms with E-state index in [1.54, 1.807) is 29.3 Å². The minimum atomic E-state index is -4.54. The van der Waals surface area contributed by atoms with Crippen LogP contribution in [0.25, 0.3) is 32.9 Å².